The molecule has 0 aromatic rings. The van der Waals surface area contributed by atoms with E-state index in [0.717, 1.165) is 0 Å². The summed E-state index contributed by atoms with van der Waals surface area (Å²) >= 11 is 0. The van der Waals surface area contributed by atoms with Crippen LogP contribution < -0.4 is 5.32 Å². The minimum Gasteiger partial charge on any atom is -0.370 e. The van der Waals surface area contributed by atoms with Gasteiger partial charge in [0.15, 0.2) is 0 Å². The van der Waals surface area contributed by atoms with E-state index in [9.17, 15) is 9.59 Å². The van der Waals surface area contributed by atoms with Crippen LogP contribution in [0.4, 0.5) is 4.79 Å². The highest BCUT2D eigenvalue weighted by atomic mass is 16.8. The molecule has 0 aliphatic carbocycles. The molecule has 0 saturated carbocycles. The quantitative estimate of drug-likeness (QED) is 0.396. The largest absolute Gasteiger partial charge is 0.370 e. The highest BCUT2D eigenvalue weighted by Crippen LogP contribution is 2.20. The number of urea groups is 1. The van der Waals surface area contributed by atoms with Crippen molar-refractivity contribution >= 4 is 11.9 Å². The molecule has 3 N–H and O–H groups in total. The van der Waals surface area contributed by atoms with Crippen molar-refractivity contribution in [3.63, 3.8) is 0 Å². The Morgan fingerprint density at radius 2 is 1.81 bits per heavy atom. The third-order valence-corrected chi connectivity index (χ3v) is 2.04. The zero-order chi connectivity index (χ0) is 12.3. The number of carbonyl (C=O) groups is 2. The third kappa shape index (κ3) is 2.30. The fourth-order valence-electron chi connectivity index (χ4n) is 1.29. The van der Waals surface area contributed by atoms with Gasteiger partial charge >= 0.3 is 6.03 Å². The van der Waals surface area contributed by atoms with Crippen LogP contribution in [-0.4, -0.2) is 52.6 Å². The van der Waals surface area contributed by atoms with Gasteiger partial charge in [0.1, 0.15) is 19.1 Å². The molecule has 0 aromatic carbocycles. The van der Waals surface area contributed by atoms with Crippen molar-refractivity contribution in [1.82, 2.24) is 10.2 Å². The molecule has 0 atom stereocenters. The van der Waals surface area contributed by atoms with E-state index < -0.39 is 37.5 Å². The molecule has 8 nitrogen and oxygen atoms in total. The zero-order valence-electron chi connectivity index (χ0n) is 8.97. The Hall–Kier alpha value is -1.22. The van der Waals surface area contributed by atoms with Gasteiger partial charge in [0, 0.05) is 0 Å². The van der Waals surface area contributed by atoms with Crippen LogP contribution in [0, 0.1) is 0 Å². The van der Waals surface area contributed by atoms with E-state index in [-0.39, 0.29) is 0 Å². The number of imide groups is 1. The number of aliphatic hydroxyl groups excluding tert-OH is 2. The number of nitrogens with one attached hydrogen (secondary N) is 1. The molecule has 1 rings (SSSR count). The Morgan fingerprint density at radius 1 is 1.31 bits per heavy atom. The van der Waals surface area contributed by atoms with Gasteiger partial charge in [0.05, 0.1) is 0 Å². The molecular formula is C8H14N2O6. The standard InChI is InChI=1S/C8H14N2O6/c1-8(2)5(13)10(6(14)9-8)7(15-3-11)16-4-12/h7,11-12H,3-4H2,1-2H3,(H,9,14). The molecule has 0 unspecified atom stereocenters. The van der Waals surface area contributed by atoms with Crippen molar-refractivity contribution < 1.29 is 29.3 Å². The van der Waals surface area contributed by atoms with Crippen LogP contribution in [0.2, 0.25) is 0 Å². The fourth-order valence-corrected chi connectivity index (χ4v) is 1.29. The van der Waals surface area contributed by atoms with E-state index in [1.54, 1.807) is 0 Å². The van der Waals surface area contributed by atoms with E-state index in [4.69, 9.17) is 10.2 Å². The van der Waals surface area contributed by atoms with Crippen LogP contribution in [0.25, 0.3) is 0 Å². The molecule has 1 saturated heterocycles. The lowest BCUT2D eigenvalue weighted by molar-refractivity contribution is -0.253. The maximum Gasteiger partial charge on any atom is 0.329 e. The van der Waals surface area contributed by atoms with Crippen molar-refractivity contribution in [3.05, 3.63) is 0 Å². The van der Waals surface area contributed by atoms with Crippen molar-refractivity contribution in [2.24, 2.45) is 0 Å². The summed E-state index contributed by atoms with van der Waals surface area (Å²) in [6.07, 6.45) is -1.44. The second kappa shape index (κ2) is 4.74. The van der Waals surface area contributed by atoms with Crippen molar-refractivity contribution in [3.8, 4) is 0 Å². The van der Waals surface area contributed by atoms with E-state index >= 15 is 0 Å². The Balaban J connectivity index is 2.84. The predicted molar refractivity (Wildman–Crippen MR) is 49.6 cm³/mol. The van der Waals surface area contributed by atoms with E-state index in [2.05, 4.69) is 14.8 Å². The SMILES string of the molecule is CC1(C)NC(=O)N(C(OCO)OCO)C1=O. The molecule has 1 heterocycles. The van der Waals surface area contributed by atoms with Crippen LogP contribution in [0.15, 0.2) is 0 Å². The van der Waals surface area contributed by atoms with Gasteiger partial charge in [-0.05, 0) is 13.8 Å². The minimum atomic E-state index is -1.44. The van der Waals surface area contributed by atoms with Gasteiger partial charge in [0.25, 0.3) is 12.3 Å². The molecular weight excluding hydrogens is 220 g/mol. The van der Waals surface area contributed by atoms with Gasteiger partial charge in [-0.3, -0.25) is 4.79 Å². The Bertz CT molecular complexity index is 286. The molecule has 0 aromatic heterocycles. The summed E-state index contributed by atoms with van der Waals surface area (Å²) < 4.78 is 9.24. The van der Waals surface area contributed by atoms with Gasteiger partial charge in [-0.1, -0.05) is 0 Å². The topological polar surface area (TPSA) is 108 Å². The summed E-state index contributed by atoms with van der Waals surface area (Å²) in [5.74, 6) is -0.565. The first-order chi connectivity index (χ1) is 7.44. The minimum absolute atomic E-state index is 0.565. The summed E-state index contributed by atoms with van der Waals surface area (Å²) in [5, 5.41) is 19.5. The second-order valence-corrected chi connectivity index (χ2v) is 3.63. The van der Waals surface area contributed by atoms with Crippen molar-refractivity contribution in [2.75, 3.05) is 13.6 Å². The number of carbonyl (C=O) groups excluding carboxylic acids is 2. The first-order valence-electron chi connectivity index (χ1n) is 4.54. The van der Waals surface area contributed by atoms with E-state index in [0.29, 0.717) is 4.90 Å². The summed E-state index contributed by atoms with van der Waals surface area (Å²) in [6.45, 7) is 1.54. The van der Waals surface area contributed by atoms with E-state index in [1.165, 1.54) is 13.8 Å². The molecule has 3 amide bonds. The zero-order valence-corrected chi connectivity index (χ0v) is 8.97. The molecule has 0 bridgehead atoms. The Labute approximate surface area is 91.7 Å². The van der Waals surface area contributed by atoms with Gasteiger partial charge in [-0.2, -0.15) is 0 Å². The highest BCUT2D eigenvalue weighted by Gasteiger charge is 2.48. The smallest absolute Gasteiger partial charge is 0.329 e. The molecule has 16 heavy (non-hydrogen) atoms. The molecule has 0 spiro atoms. The lowest BCUT2D eigenvalue weighted by Crippen LogP contribution is -2.46. The van der Waals surface area contributed by atoms with Crippen molar-refractivity contribution in [2.45, 2.75) is 25.8 Å². The first-order valence-corrected chi connectivity index (χ1v) is 4.54. The van der Waals surface area contributed by atoms with Crippen LogP contribution in [0.5, 0.6) is 0 Å². The molecule has 0 radical (unpaired) electrons. The number of nitrogens with zero attached hydrogens (tertiary/aromatic N) is 1. The highest BCUT2D eigenvalue weighted by molar-refractivity contribution is 6.06. The van der Waals surface area contributed by atoms with Gasteiger partial charge < -0.3 is 25.0 Å². The third-order valence-electron chi connectivity index (χ3n) is 2.04. The fraction of sp³-hybridized carbons (Fsp3) is 0.750. The number of hydrogen-bond donors (Lipinski definition) is 3. The summed E-state index contributed by atoms with van der Waals surface area (Å²) in [5.41, 5.74) is -1.06. The number of amides is 3. The van der Waals surface area contributed by atoms with Gasteiger partial charge in [-0.25, -0.2) is 9.69 Å². The summed E-state index contributed by atoms with van der Waals surface area (Å²) in [4.78, 5) is 23.9. The molecule has 1 aliphatic heterocycles. The maximum atomic E-state index is 11.7. The molecule has 92 valence electrons. The summed E-state index contributed by atoms with van der Waals surface area (Å²) in [6, 6.07) is -0.707. The predicted octanol–water partition coefficient (Wildman–Crippen LogP) is -1.47. The second-order valence-electron chi connectivity index (χ2n) is 3.63. The van der Waals surface area contributed by atoms with Crippen LogP contribution in [0.1, 0.15) is 13.8 Å². The first kappa shape index (κ1) is 12.8. The average molecular weight is 234 g/mol. The average Bonchev–Trinajstić information content (AvgIpc) is 2.36. The lowest BCUT2D eigenvalue weighted by Gasteiger charge is -2.24. The van der Waals surface area contributed by atoms with Crippen LogP contribution in [-0.2, 0) is 14.3 Å². The number of hydrogen-bond acceptors (Lipinski definition) is 6. The number of ether oxygens (including phenoxy) is 2. The van der Waals surface area contributed by atoms with Gasteiger partial charge in [-0.15, -0.1) is 0 Å². The molecule has 1 fully saturated rings. The monoisotopic (exact) mass is 234 g/mol. The van der Waals surface area contributed by atoms with Crippen molar-refractivity contribution in [1.29, 1.82) is 0 Å². The number of rotatable bonds is 5. The van der Waals surface area contributed by atoms with E-state index in [1.807, 2.05) is 0 Å². The Morgan fingerprint density at radius 3 is 2.12 bits per heavy atom. The van der Waals surface area contributed by atoms with Crippen LogP contribution in [0.3, 0.4) is 0 Å². The molecule has 1 aliphatic rings. The number of aliphatic hydroxyl groups is 2. The summed E-state index contributed by atoms with van der Waals surface area (Å²) in [7, 11) is 0. The maximum absolute atomic E-state index is 11.7. The van der Waals surface area contributed by atoms with Gasteiger partial charge in [0.2, 0.25) is 0 Å². The Kier molecular flexibility index (Phi) is 3.81. The normalized spacial score (nSPS) is 19.4. The lowest BCUT2D eigenvalue weighted by atomic mass is 10.1. The van der Waals surface area contributed by atoms with Crippen LogP contribution >= 0.6 is 0 Å². The molecule has 8 heteroatoms.